The van der Waals surface area contributed by atoms with E-state index in [2.05, 4.69) is 4.98 Å². The molecule has 0 saturated carbocycles. The fourth-order valence-electron chi connectivity index (χ4n) is 2.02. The standard InChI is InChI=1S/C17H13NO2/c1-12(19)13-6-4-7-15(9-13)20-16-10-14-5-2-3-8-17(14)18-11-16/h2-11H,1H3. The van der Waals surface area contributed by atoms with Crippen LogP contribution in [0.3, 0.4) is 0 Å². The van der Waals surface area contributed by atoms with E-state index in [1.165, 1.54) is 6.92 Å². The van der Waals surface area contributed by atoms with Crippen LogP contribution >= 0.6 is 0 Å². The molecule has 98 valence electrons. The molecule has 1 heterocycles. The van der Waals surface area contributed by atoms with Crippen LogP contribution in [0.2, 0.25) is 0 Å². The Kier molecular flexibility index (Phi) is 3.17. The molecule has 0 saturated heterocycles. The lowest BCUT2D eigenvalue weighted by Gasteiger charge is -2.07. The third-order valence-electron chi connectivity index (χ3n) is 3.04. The normalized spacial score (nSPS) is 10.4. The van der Waals surface area contributed by atoms with Crippen LogP contribution in [0.4, 0.5) is 0 Å². The van der Waals surface area contributed by atoms with Gasteiger partial charge in [-0.3, -0.25) is 9.78 Å². The van der Waals surface area contributed by atoms with Crippen LogP contribution in [0, 0.1) is 0 Å². The number of aromatic nitrogens is 1. The van der Waals surface area contributed by atoms with E-state index < -0.39 is 0 Å². The molecule has 0 amide bonds. The first-order chi connectivity index (χ1) is 9.72. The van der Waals surface area contributed by atoms with Gasteiger partial charge in [-0.2, -0.15) is 0 Å². The number of benzene rings is 2. The third-order valence-corrected chi connectivity index (χ3v) is 3.04. The van der Waals surface area contributed by atoms with E-state index in [4.69, 9.17) is 4.74 Å². The molecule has 20 heavy (non-hydrogen) atoms. The fraction of sp³-hybridized carbons (Fsp3) is 0.0588. The molecule has 0 aliphatic heterocycles. The summed E-state index contributed by atoms with van der Waals surface area (Å²) in [5.41, 5.74) is 1.56. The third kappa shape index (κ3) is 2.52. The second-order valence-corrected chi connectivity index (χ2v) is 4.55. The Hall–Kier alpha value is -2.68. The van der Waals surface area contributed by atoms with Crippen molar-refractivity contribution in [3.8, 4) is 11.5 Å². The van der Waals surface area contributed by atoms with Gasteiger partial charge in [0, 0.05) is 10.9 Å². The zero-order chi connectivity index (χ0) is 13.9. The summed E-state index contributed by atoms with van der Waals surface area (Å²) in [5.74, 6) is 1.31. The Morgan fingerprint density at radius 3 is 2.70 bits per heavy atom. The molecular weight excluding hydrogens is 250 g/mol. The second kappa shape index (κ2) is 5.13. The summed E-state index contributed by atoms with van der Waals surface area (Å²) >= 11 is 0. The van der Waals surface area contributed by atoms with E-state index in [1.807, 2.05) is 36.4 Å². The number of carbonyl (C=O) groups excluding carboxylic acids is 1. The molecule has 3 heteroatoms. The molecule has 2 aromatic carbocycles. The van der Waals surface area contributed by atoms with Gasteiger partial charge in [0.1, 0.15) is 11.5 Å². The number of rotatable bonds is 3. The smallest absolute Gasteiger partial charge is 0.159 e. The first kappa shape index (κ1) is 12.4. The van der Waals surface area contributed by atoms with Crippen molar-refractivity contribution in [1.29, 1.82) is 0 Å². The van der Waals surface area contributed by atoms with Crippen molar-refractivity contribution < 1.29 is 9.53 Å². The molecule has 0 spiro atoms. The van der Waals surface area contributed by atoms with E-state index in [9.17, 15) is 4.79 Å². The predicted molar refractivity (Wildman–Crippen MR) is 78.3 cm³/mol. The molecule has 0 unspecified atom stereocenters. The number of carbonyl (C=O) groups is 1. The van der Waals surface area contributed by atoms with Gasteiger partial charge in [-0.25, -0.2) is 0 Å². The van der Waals surface area contributed by atoms with Crippen molar-refractivity contribution in [2.24, 2.45) is 0 Å². The Morgan fingerprint density at radius 2 is 1.85 bits per heavy atom. The van der Waals surface area contributed by atoms with E-state index in [0.29, 0.717) is 17.1 Å². The number of fused-ring (bicyclic) bond motifs is 1. The molecule has 0 aliphatic rings. The van der Waals surface area contributed by atoms with Gasteiger partial charge in [-0.05, 0) is 31.2 Å². The number of Topliss-reactive ketones (excluding diaryl/α,β-unsaturated/α-hetero) is 1. The maximum atomic E-state index is 11.4. The average Bonchev–Trinajstić information content (AvgIpc) is 2.47. The lowest BCUT2D eigenvalue weighted by Crippen LogP contribution is -1.93. The Bertz CT molecular complexity index is 781. The van der Waals surface area contributed by atoms with E-state index in [-0.39, 0.29) is 5.78 Å². The summed E-state index contributed by atoms with van der Waals surface area (Å²) in [5, 5.41) is 1.02. The minimum atomic E-state index is 0.0205. The number of ether oxygens (including phenoxy) is 1. The highest BCUT2D eigenvalue weighted by Crippen LogP contribution is 2.24. The van der Waals surface area contributed by atoms with Crippen molar-refractivity contribution in [2.45, 2.75) is 6.92 Å². The van der Waals surface area contributed by atoms with Crippen LogP contribution < -0.4 is 4.74 Å². The number of para-hydroxylation sites is 1. The highest BCUT2D eigenvalue weighted by Gasteiger charge is 2.03. The van der Waals surface area contributed by atoms with Crippen LogP contribution in [0.5, 0.6) is 11.5 Å². The van der Waals surface area contributed by atoms with Crippen LogP contribution in [-0.4, -0.2) is 10.8 Å². The van der Waals surface area contributed by atoms with E-state index in [0.717, 1.165) is 10.9 Å². The van der Waals surface area contributed by atoms with Crippen molar-refractivity contribution >= 4 is 16.7 Å². The van der Waals surface area contributed by atoms with Gasteiger partial charge in [0.15, 0.2) is 5.78 Å². The minimum absolute atomic E-state index is 0.0205. The van der Waals surface area contributed by atoms with Crippen LogP contribution in [0.15, 0.2) is 60.8 Å². The van der Waals surface area contributed by atoms with Gasteiger partial charge >= 0.3 is 0 Å². The van der Waals surface area contributed by atoms with Crippen molar-refractivity contribution in [3.63, 3.8) is 0 Å². The second-order valence-electron chi connectivity index (χ2n) is 4.55. The first-order valence-electron chi connectivity index (χ1n) is 6.36. The quantitative estimate of drug-likeness (QED) is 0.664. The molecule has 0 atom stereocenters. The van der Waals surface area contributed by atoms with Crippen molar-refractivity contribution in [1.82, 2.24) is 4.98 Å². The van der Waals surface area contributed by atoms with Crippen molar-refractivity contribution in [3.05, 3.63) is 66.4 Å². The topological polar surface area (TPSA) is 39.2 Å². The van der Waals surface area contributed by atoms with Crippen molar-refractivity contribution in [2.75, 3.05) is 0 Å². The lowest BCUT2D eigenvalue weighted by atomic mass is 10.1. The number of pyridine rings is 1. The van der Waals surface area contributed by atoms with Crippen LogP contribution in [0.1, 0.15) is 17.3 Å². The lowest BCUT2D eigenvalue weighted by molar-refractivity contribution is 0.101. The molecule has 0 aliphatic carbocycles. The molecule has 3 rings (SSSR count). The van der Waals surface area contributed by atoms with Gasteiger partial charge in [0.2, 0.25) is 0 Å². The highest BCUT2D eigenvalue weighted by atomic mass is 16.5. The largest absolute Gasteiger partial charge is 0.456 e. The summed E-state index contributed by atoms with van der Waals surface area (Å²) < 4.78 is 5.76. The molecular formula is C17H13NO2. The number of hydrogen-bond donors (Lipinski definition) is 0. The maximum absolute atomic E-state index is 11.4. The van der Waals surface area contributed by atoms with E-state index in [1.54, 1.807) is 24.4 Å². The molecule has 3 aromatic rings. The molecule has 0 fully saturated rings. The highest BCUT2D eigenvalue weighted by molar-refractivity contribution is 5.94. The Balaban J connectivity index is 1.92. The molecule has 3 nitrogen and oxygen atoms in total. The maximum Gasteiger partial charge on any atom is 0.159 e. The summed E-state index contributed by atoms with van der Waals surface area (Å²) in [6.07, 6.45) is 1.68. The summed E-state index contributed by atoms with van der Waals surface area (Å²) in [7, 11) is 0. The number of nitrogens with zero attached hydrogens (tertiary/aromatic N) is 1. The monoisotopic (exact) mass is 263 g/mol. The van der Waals surface area contributed by atoms with Gasteiger partial charge in [0.25, 0.3) is 0 Å². The van der Waals surface area contributed by atoms with E-state index >= 15 is 0 Å². The van der Waals surface area contributed by atoms with Gasteiger partial charge in [0.05, 0.1) is 11.7 Å². The Morgan fingerprint density at radius 1 is 1.00 bits per heavy atom. The Labute approximate surface area is 116 Å². The molecule has 1 aromatic heterocycles. The average molecular weight is 263 g/mol. The van der Waals surface area contributed by atoms with Crippen LogP contribution in [-0.2, 0) is 0 Å². The summed E-state index contributed by atoms with van der Waals surface area (Å²) in [6.45, 7) is 1.54. The zero-order valence-corrected chi connectivity index (χ0v) is 11.0. The molecule has 0 bridgehead atoms. The predicted octanol–water partition coefficient (Wildman–Crippen LogP) is 4.23. The number of hydrogen-bond acceptors (Lipinski definition) is 3. The van der Waals surface area contributed by atoms with Crippen LogP contribution in [0.25, 0.3) is 10.9 Å². The van der Waals surface area contributed by atoms with Gasteiger partial charge < -0.3 is 4.74 Å². The zero-order valence-electron chi connectivity index (χ0n) is 11.0. The molecule has 0 radical (unpaired) electrons. The van der Waals surface area contributed by atoms with Gasteiger partial charge in [-0.1, -0.05) is 30.3 Å². The SMILES string of the molecule is CC(=O)c1cccc(Oc2cnc3ccccc3c2)c1. The number of ketones is 1. The fourth-order valence-corrected chi connectivity index (χ4v) is 2.02. The molecule has 0 N–H and O–H groups in total. The van der Waals surface area contributed by atoms with Gasteiger partial charge in [-0.15, -0.1) is 0 Å². The minimum Gasteiger partial charge on any atom is -0.456 e. The summed E-state index contributed by atoms with van der Waals surface area (Å²) in [4.78, 5) is 15.7. The summed E-state index contributed by atoms with van der Waals surface area (Å²) in [6, 6.07) is 16.9. The first-order valence-corrected chi connectivity index (χ1v) is 6.36.